The summed E-state index contributed by atoms with van der Waals surface area (Å²) in [7, 11) is 0. The van der Waals surface area contributed by atoms with Gasteiger partial charge < -0.3 is 14.6 Å². The fourth-order valence-corrected chi connectivity index (χ4v) is 3.44. The van der Waals surface area contributed by atoms with E-state index in [1.54, 1.807) is 6.92 Å². The number of hydrogen-bond donors (Lipinski definition) is 1. The predicted molar refractivity (Wildman–Crippen MR) is 119 cm³/mol. The van der Waals surface area contributed by atoms with Crippen molar-refractivity contribution in [1.82, 2.24) is 0 Å². The van der Waals surface area contributed by atoms with Gasteiger partial charge >= 0.3 is 5.97 Å². The van der Waals surface area contributed by atoms with Gasteiger partial charge in [0.25, 0.3) is 0 Å². The lowest BCUT2D eigenvalue weighted by atomic mass is 9.80. The van der Waals surface area contributed by atoms with E-state index < -0.39 is 12.3 Å². The number of carbonyl (C=O) groups is 3. The van der Waals surface area contributed by atoms with Crippen LogP contribution in [0.5, 0.6) is 0 Å². The molecule has 0 aromatic rings. The number of ketones is 2. The molecule has 0 radical (unpaired) electrons. The molecule has 1 atom stereocenters. The summed E-state index contributed by atoms with van der Waals surface area (Å²) in [6.45, 7) is 9.70. The first-order valence-corrected chi connectivity index (χ1v) is 10.9. The minimum absolute atomic E-state index is 0.179. The normalized spacial score (nSPS) is 17.7. The highest BCUT2D eigenvalue weighted by Gasteiger charge is 2.26. The Kier molecular flexibility index (Phi) is 11.0. The van der Waals surface area contributed by atoms with Crippen LogP contribution in [0.3, 0.4) is 0 Å². The Morgan fingerprint density at radius 2 is 1.67 bits per heavy atom. The zero-order chi connectivity index (χ0) is 22.7. The summed E-state index contributed by atoms with van der Waals surface area (Å²) in [6.07, 6.45) is 11.3. The minimum atomic E-state index is -1.08. The van der Waals surface area contributed by atoms with Gasteiger partial charge in [0.2, 0.25) is 6.29 Å². The van der Waals surface area contributed by atoms with Gasteiger partial charge in [0.05, 0.1) is 0 Å². The van der Waals surface area contributed by atoms with Crippen LogP contribution in [-0.2, 0) is 19.1 Å². The van der Waals surface area contributed by atoms with Gasteiger partial charge in [0.15, 0.2) is 0 Å². The molecule has 1 aliphatic heterocycles. The number of allylic oxidation sites excluding steroid dienone is 4. The Labute approximate surface area is 181 Å². The van der Waals surface area contributed by atoms with Gasteiger partial charge in [0.1, 0.15) is 11.6 Å². The smallest absolute Gasteiger partial charge is 0.333 e. The van der Waals surface area contributed by atoms with Crippen molar-refractivity contribution in [1.29, 1.82) is 0 Å². The molecule has 1 aliphatic rings. The van der Waals surface area contributed by atoms with Crippen LogP contribution in [0.2, 0.25) is 0 Å². The number of hydrogen-bond acceptors (Lipinski definition) is 5. The highest BCUT2D eigenvalue weighted by atomic mass is 16.6. The van der Waals surface area contributed by atoms with E-state index in [1.165, 1.54) is 17.2 Å². The van der Waals surface area contributed by atoms with E-state index in [2.05, 4.69) is 30.7 Å². The van der Waals surface area contributed by atoms with Crippen molar-refractivity contribution < 1.29 is 24.2 Å². The van der Waals surface area contributed by atoms with Crippen LogP contribution >= 0.6 is 0 Å². The van der Waals surface area contributed by atoms with Gasteiger partial charge in [0, 0.05) is 29.9 Å². The molecule has 30 heavy (non-hydrogen) atoms. The number of carbonyl (C=O) groups excluding carboxylic acids is 3. The topological polar surface area (TPSA) is 80.7 Å². The molecule has 1 rings (SSSR count). The summed E-state index contributed by atoms with van der Waals surface area (Å²) in [5.41, 5.74) is 2.76. The Morgan fingerprint density at radius 3 is 2.27 bits per heavy atom. The van der Waals surface area contributed by atoms with Crippen LogP contribution in [0.15, 0.2) is 34.9 Å². The van der Waals surface area contributed by atoms with Crippen LogP contribution in [0.4, 0.5) is 0 Å². The molecule has 0 saturated carbocycles. The van der Waals surface area contributed by atoms with Gasteiger partial charge in [-0.05, 0) is 65.7 Å². The molecule has 0 aliphatic carbocycles. The van der Waals surface area contributed by atoms with Crippen LogP contribution in [0.25, 0.3) is 0 Å². The maximum absolute atomic E-state index is 12.5. The second-order valence-electron chi connectivity index (χ2n) is 9.05. The van der Waals surface area contributed by atoms with Crippen molar-refractivity contribution >= 4 is 17.5 Å². The average molecular weight is 419 g/mol. The third kappa shape index (κ3) is 10.1. The molecule has 0 bridgehead atoms. The molecule has 1 N–H and O–H groups in total. The molecule has 0 aromatic carbocycles. The first kappa shape index (κ1) is 26.0. The Balaban J connectivity index is 2.30. The van der Waals surface area contributed by atoms with E-state index >= 15 is 0 Å². The van der Waals surface area contributed by atoms with Gasteiger partial charge in [-0.25, -0.2) is 4.79 Å². The van der Waals surface area contributed by atoms with Gasteiger partial charge in [-0.1, -0.05) is 37.1 Å². The summed E-state index contributed by atoms with van der Waals surface area (Å²) in [5.74, 6) is -0.0313. The van der Waals surface area contributed by atoms with Crippen molar-refractivity contribution in [2.24, 2.45) is 5.41 Å². The van der Waals surface area contributed by atoms with Gasteiger partial charge in [-0.15, -0.1) is 0 Å². The molecule has 1 heterocycles. The molecule has 168 valence electrons. The fraction of sp³-hybridized carbons (Fsp3) is 0.640. The maximum atomic E-state index is 12.5. The van der Waals surface area contributed by atoms with Crippen LogP contribution < -0.4 is 0 Å². The lowest BCUT2D eigenvalue weighted by molar-refractivity contribution is -0.151. The highest BCUT2D eigenvalue weighted by molar-refractivity contribution is 5.85. The summed E-state index contributed by atoms with van der Waals surface area (Å²) in [6, 6.07) is 0. The van der Waals surface area contributed by atoms with Gasteiger partial charge in [-0.3, -0.25) is 4.79 Å². The Hall–Kier alpha value is -2.01. The molecule has 0 saturated heterocycles. The number of Topliss-reactive ketones (excluding diaryl/α,β-unsaturated/α-hetero) is 2. The van der Waals surface area contributed by atoms with Crippen LogP contribution in [-0.4, -0.2) is 28.9 Å². The maximum Gasteiger partial charge on any atom is 0.333 e. The number of ether oxygens (including phenoxy) is 1. The number of aliphatic hydroxyl groups is 1. The molecule has 0 spiro atoms. The second kappa shape index (κ2) is 12.6. The van der Waals surface area contributed by atoms with Crippen molar-refractivity contribution in [3.05, 3.63) is 34.9 Å². The van der Waals surface area contributed by atoms with Crippen molar-refractivity contribution in [2.75, 3.05) is 0 Å². The Morgan fingerprint density at radius 1 is 1.03 bits per heavy atom. The molecule has 0 amide bonds. The van der Waals surface area contributed by atoms with Crippen LogP contribution in [0.1, 0.15) is 92.4 Å². The number of esters is 1. The highest BCUT2D eigenvalue weighted by Crippen LogP contribution is 2.27. The second-order valence-corrected chi connectivity index (χ2v) is 9.05. The standard InChI is InChI=1S/C25H38O5/c1-18(11-7-13-21-17-23(28)30-24(21)29)9-6-10-19(2)14-15-22(27)25(4,5)16-8-12-20(3)26/h10-11,17,24,29H,6-9,12-16H2,1-5H3/b18-11+,19-10+. The van der Waals surface area contributed by atoms with Crippen molar-refractivity contribution in [3.8, 4) is 0 Å². The van der Waals surface area contributed by atoms with E-state index in [0.717, 1.165) is 38.5 Å². The largest absolute Gasteiger partial charge is 0.429 e. The van der Waals surface area contributed by atoms with E-state index in [1.807, 2.05) is 13.8 Å². The first-order chi connectivity index (χ1) is 14.0. The molecular formula is C25H38O5. The summed E-state index contributed by atoms with van der Waals surface area (Å²) in [4.78, 5) is 34.7. The lowest BCUT2D eigenvalue weighted by Gasteiger charge is -2.23. The zero-order valence-corrected chi connectivity index (χ0v) is 19.3. The van der Waals surface area contributed by atoms with E-state index in [4.69, 9.17) is 0 Å². The molecule has 1 unspecified atom stereocenters. The Bertz CT molecular complexity index is 709. The van der Waals surface area contributed by atoms with Gasteiger partial charge in [-0.2, -0.15) is 0 Å². The summed E-state index contributed by atoms with van der Waals surface area (Å²) < 4.78 is 4.67. The number of aliphatic hydroxyl groups excluding tert-OH is 1. The third-order valence-electron chi connectivity index (χ3n) is 5.64. The fourth-order valence-electron chi connectivity index (χ4n) is 3.44. The molecule has 5 heteroatoms. The number of cyclic esters (lactones) is 1. The first-order valence-electron chi connectivity index (χ1n) is 10.9. The van der Waals surface area contributed by atoms with Crippen LogP contribution in [0, 0.1) is 5.41 Å². The van der Waals surface area contributed by atoms with E-state index in [-0.39, 0.29) is 17.0 Å². The van der Waals surface area contributed by atoms with E-state index in [9.17, 15) is 19.5 Å². The molecule has 0 fully saturated rings. The summed E-state index contributed by atoms with van der Waals surface area (Å²) in [5, 5.41) is 9.55. The SMILES string of the molecule is CC(=O)CCCC(C)(C)C(=O)CC/C(C)=C/CC/C(C)=C/CCC1=CC(=O)OC1O. The predicted octanol–water partition coefficient (Wildman–Crippen LogP) is 5.38. The molecular weight excluding hydrogens is 380 g/mol. The third-order valence-corrected chi connectivity index (χ3v) is 5.64. The zero-order valence-electron chi connectivity index (χ0n) is 19.3. The lowest BCUT2D eigenvalue weighted by Crippen LogP contribution is -2.24. The van der Waals surface area contributed by atoms with Crippen molar-refractivity contribution in [3.63, 3.8) is 0 Å². The van der Waals surface area contributed by atoms with E-state index in [0.29, 0.717) is 24.8 Å². The quantitative estimate of drug-likeness (QED) is 0.303. The monoisotopic (exact) mass is 418 g/mol. The molecule has 5 nitrogen and oxygen atoms in total. The number of rotatable bonds is 14. The van der Waals surface area contributed by atoms with Crippen molar-refractivity contribution in [2.45, 2.75) is 98.7 Å². The summed E-state index contributed by atoms with van der Waals surface area (Å²) >= 11 is 0. The minimum Gasteiger partial charge on any atom is -0.429 e. The average Bonchev–Trinajstić information content (AvgIpc) is 2.96. The molecule has 0 aromatic heterocycles.